The number of benzene rings is 1. The Morgan fingerprint density at radius 3 is 2.97 bits per heavy atom. The molecule has 9 heteroatoms. The number of piperazine rings is 1. The minimum atomic E-state index is -0.453. The largest absolute Gasteiger partial charge is 0.366 e. The SMILES string of the molecule is Cc1nnc(N[C@H](C)c2cccc(F)c2Cl)c2cc(N3CCN4C(=O)CC[C@@H]4C3)cnc12. The van der Waals surface area contributed by atoms with Gasteiger partial charge in [0.15, 0.2) is 5.82 Å². The zero-order valence-electron chi connectivity index (χ0n) is 18.0. The van der Waals surface area contributed by atoms with Crippen LogP contribution in [0.25, 0.3) is 10.9 Å². The number of nitrogens with one attached hydrogen (secondary N) is 1. The highest BCUT2D eigenvalue weighted by Gasteiger charge is 2.35. The summed E-state index contributed by atoms with van der Waals surface area (Å²) in [6.45, 7) is 6.08. The lowest BCUT2D eigenvalue weighted by Crippen LogP contribution is -2.51. The molecule has 2 saturated heterocycles. The fourth-order valence-electron chi connectivity index (χ4n) is 4.66. The Labute approximate surface area is 190 Å². The Hall–Kier alpha value is -3.00. The number of rotatable bonds is 4. The van der Waals surface area contributed by atoms with E-state index in [4.69, 9.17) is 11.6 Å². The predicted molar refractivity (Wildman–Crippen MR) is 122 cm³/mol. The van der Waals surface area contributed by atoms with Gasteiger partial charge in [0.1, 0.15) is 5.82 Å². The van der Waals surface area contributed by atoms with Gasteiger partial charge in [-0.15, -0.1) is 5.10 Å². The van der Waals surface area contributed by atoms with Crippen LogP contribution in [0.4, 0.5) is 15.9 Å². The fourth-order valence-corrected chi connectivity index (χ4v) is 4.95. The second kappa shape index (κ2) is 8.16. The molecule has 0 bridgehead atoms. The molecule has 32 heavy (non-hydrogen) atoms. The third kappa shape index (κ3) is 3.62. The van der Waals surface area contributed by atoms with Crippen molar-refractivity contribution < 1.29 is 9.18 Å². The second-order valence-corrected chi connectivity index (χ2v) is 8.84. The number of amides is 1. The number of hydrogen-bond acceptors (Lipinski definition) is 6. The van der Waals surface area contributed by atoms with E-state index in [0.29, 0.717) is 17.8 Å². The van der Waals surface area contributed by atoms with Gasteiger partial charge >= 0.3 is 0 Å². The van der Waals surface area contributed by atoms with Crippen LogP contribution in [0.5, 0.6) is 0 Å². The van der Waals surface area contributed by atoms with Crippen LogP contribution in [0.2, 0.25) is 5.02 Å². The summed E-state index contributed by atoms with van der Waals surface area (Å²) in [6, 6.07) is 6.82. The van der Waals surface area contributed by atoms with E-state index in [1.54, 1.807) is 12.1 Å². The van der Waals surface area contributed by atoms with Crippen LogP contribution < -0.4 is 10.2 Å². The first-order valence-electron chi connectivity index (χ1n) is 10.8. The molecule has 0 unspecified atom stereocenters. The lowest BCUT2D eigenvalue weighted by Gasteiger charge is -2.38. The van der Waals surface area contributed by atoms with Crippen molar-refractivity contribution in [2.24, 2.45) is 0 Å². The molecule has 1 N–H and O–H groups in total. The molecule has 2 aliphatic rings. The first kappa shape index (κ1) is 20.9. The smallest absolute Gasteiger partial charge is 0.223 e. The minimum absolute atomic E-state index is 0.0969. The van der Waals surface area contributed by atoms with Crippen LogP contribution in [0.3, 0.4) is 0 Å². The molecular weight excluding hydrogens is 431 g/mol. The molecule has 2 fully saturated rings. The Bertz CT molecular complexity index is 1200. The second-order valence-electron chi connectivity index (χ2n) is 8.46. The number of aromatic nitrogens is 3. The zero-order chi connectivity index (χ0) is 22.4. The molecule has 1 aromatic carbocycles. The number of nitrogens with zero attached hydrogens (tertiary/aromatic N) is 5. The third-order valence-corrected chi connectivity index (χ3v) is 6.83. The van der Waals surface area contributed by atoms with E-state index in [9.17, 15) is 9.18 Å². The van der Waals surface area contributed by atoms with Crippen LogP contribution in [0.15, 0.2) is 30.5 Å². The molecule has 0 radical (unpaired) electrons. The van der Waals surface area contributed by atoms with Crippen molar-refractivity contribution in [3.05, 3.63) is 52.6 Å². The number of anilines is 2. The summed E-state index contributed by atoms with van der Waals surface area (Å²) in [5.74, 6) is 0.377. The topological polar surface area (TPSA) is 74.2 Å². The Morgan fingerprint density at radius 1 is 1.28 bits per heavy atom. The van der Waals surface area contributed by atoms with Gasteiger partial charge in [0.05, 0.1) is 34.2 Å². The van der Waals surface area contributed by atoms with Gasteiger partial charge in [-0.1, -0.05) is 23.7 Å². The molecule has 7 nitrogen and oxygen atoms in total. The summed E-state index contributed by atoms with van der Waals surface area (Å²) in [6.07, 6.45) is 3.40. The third-order valence-electron chi connectivity index (χ3n) is 6.43. The quantitative estimate of drug-likeness (QED) is 0.639. The molecule has 0 spiro atoms. The number of hydrogen-bond donors (Lipinski definition) is 1. The maximum absolute atomic E-state index is 13.9. The summed E-state index contributed by atoms with van der Waals surface area (Å²) in [5.41, 5.74) is 3.13. The summed E-state index contributed by atoms with van der Waals surface area (Å²) in [7, 11) is 0. The maximum Gasteiger partial charge on any atom is 0.223 e. The summed E-state index contributed by atoms with van der Waals surface area (Å²) in [4.78, 5) is 21.0. The number of carbonyl (C=O) groups is 1. The lowest BCUT2D eigenvalue weighted by atomic mass is 10.1. The van der Waals surface area contributed by atoms with E-state index in [1.165, 1.54) is 6.07 Å². The van der Waals surface area contributed by atoms with E-state index in [0.717, 1.165) is 48.3 Å². The number of pyridine rings is 1. The molecule has 2 aliphatic heterocycles. The molecule has 0 saturated carbocycles. The average Bonchev–Trinajstić information content (AvgIpc) is 3.17. The van der Waals surface area contributed by atoms with E-state index < -0.39 is 5.82 Å². The van der Waals surface area contributed by atoms with E-state index in [-0.39, 0.29) is 23.0 Å². The molecule has 166 valence electrons. The molecule has 2 atom stereocenters. The van der Waals surface area contributed by atoms with Crippen molar-refractivity contribution in [1.82, 2.24) is 20.1 Å². The Morgan fingerprint density at radius 2 is 2.12 bits per heavy atom. The Kier molecular flexibility index (Phi) is 5.33. The number of carbonyl (C=O) groups excluding carboxylic acids is 1. The summed E-state index contributed by atoms with van der Waals surface area (Å²) >= 11 is 6.18. The first-order valence-corrected chi connectivity index (χ1v) is 11.2. The van der Waals surface area contributed by atoms with Crippen molar-refractivity contribution in [1.29, 1.82) is 0 Å². The molecular formula is C23H24ClFN6O. The van der Waals surface area contributed by atoms with Gasteiger partial charge in [-0.3, -0.25) is 9.78 Å². The van der Waals surface area contributed by atoms with Gasteiger partial charge in [0.2, 0.25) is 5.91 Å². The van der Waals surface area contributed by atoms with Crippen molar-refractivity contribution in [3.63, 3.8) is 0 Å². The van der Waals surface area contributed by atoms with Crippen LogP contribution in [-0.4, -0.2) is 51.7 Å². The van der Waals surface area contributed by atoms with Crippen LogP contribution in [0, 0.1) is 12.7 Å². The molecule has 2 aromatic heterocycles. The van der Waals surface area contributed by atoms with Gasteiger partial charge in [-0.25, -0.2) is 4.39 Å². The van der Waals surface area contributed by atoms with Crippen molar-refractivity contribution in [2.45, 2.75) is 38.8 Å². The van der Waals surface area contributed by atoms with Crippen LogP contribution in [0.1, 0.15) is 37.1 Å². The molecule has 3 aromatic rings. The monoisotopic (exact) mass is 454 g/mol. The van der Waals surface area contributed by atoms with E-state index in [2.05, 4.69) is 31.5 Å². The Balaban J connectivity index is 1.47. The van der Waals surface area contributed by atoms with Gasteiger partial charge < -0.3 is 15.1 Å². The van der Waals surface area contributed by atoms with Crippen molar-refractivity contribution in [3.8, 4) is 0 Å². The molecule has 0 aliphatic carbocycles. The highest BCUT2D eigenvalue weighted by Crippen LogP contribution is 2.32. The van der Waals surface area contributed by atoms with E-state index >= 15 is 0 Å². The molecule has 1 amide bonds. The van der Waals surface area contributed by atoms with Crippen molar-refractivity contribution >= 4 is 39.9 Å². The number of aryl methyl sites for hydroxylation is 1. The van der Waals surface area contributed by atoms with Gasteiger partial charge in [0, 0.05) is 37.5 Å². The predicted octanol–water partition coefficient (Wildman–Crippen LogP) is 4.11. The summed E-state index contributed by atoms with van der Waals surface area (Å²) in [5, 5.41) is 12.9. The molecule has 5 rings (SSSR count). The van der Waals surface area contributed by atoms with E-state index in [1.807, 2.05) is 24.9 Å². The molecule has 4 heterocycles. The summed E-state index contributed by atoms with van der Waals surface area (Å²) < 4.78 is 13.9. The number of halogens is 2. The minimum Gasteiger partial charge on any atom is -0.366 e. The van der Waals surface area contributed by atoms with Crippen LogP contribution in [-0.2, 0) is 4.79 Å². The highest BCUT2D eigenvalue weighted by atomic mass is 35.5. The lowest BCUT2D eigenvalue weighted by molar-refractivity contribution is -0.129. The normalized spacial score (nSPS) is 19.4. The maximum atomic E-state index is 13.9. The van der Waals surface area contributed by atoms with Crippen LogP contribution >= 0.6 is 11.6 Å². The number of fused-ring (bicyclic) bond motifs is 2. The van der Waals surface area contributed by atoms with Gasteiger partial charge in [-0.2, -0.15) is 5.10 Å². The van der Waals surface area contributed by atoms with Gasteiger partial charge in [0.25, 0.3) is 0 Å². The standard InChI is InChI=1S/C23H24ClFN6O/c1-13(17-4-3-5-19(25)21(17)24)27-23-18-10-16(11-26-22(18)14(2)28-29-23)30-8-9-31-15(12-30)6-7-20(31)32/h3-5,10-11,13,15H,6-9,12H2,1-2H3,(H,27,29)/t13-,15-/m1/s1. The zero-order valence-corrected chi connectivity index (χ0v) is 18.7. The van der Waals surface area contributed by atoms with Crippen molar-refractivity contribution in [2.75, 3.05) is 29.9 Å². The first-order chi connectivity index (χ1) is 15.4. The fraction of sp³-hybridized carbons (Fsp3) is 0.391. The highest BCUT2D eigenvalue weighted by molar-refractivity contribution is 6.31. The average molecular weight is 455 g/mol. The van der Waals surface area contributed by atoms with Gasteiger partial charge in [-0.05, 0) is 38.0 Å².